The van der Waals surface area contributed by atoms with Crippen LogP contribution in [-0.2, 0) is 0 Å². The van der Waals surface area contributed by atoms with Crippen LogP contribution in [0.15, 0.2) is 54.6 Å². The van der Waals surface area contributed by atoms with E-state index >= 15 is 0 Å². The Morgan fingerprint density at radius 1 is 0.950 bits per heavy atom. The molecule has 3 nitrogen and oxygen atoms in total. The number of carbonyl (C=O) groups excluding carboxylic acids is 1. The third-order valence-corrected chi connectivity index (χ3v) is 2.90. The molecule has 20 heavy (non-hydrogen) atoms. The SMILES string of the molecule is COc1ccc(/C=C/C(=O)c2cccc(OC)c2)cc1. The van der Waals surface area contributed by atoms with Gasteiger partial charge in [0, 0.05) is 5.56 Å². The second-order valence-corrected chi connectivity index (χ2v) is 4.20. The number of hydrogen-bond donors (Lipinski definition) is 0. The van der Waals surface area contributed by atoms with Gasteiger partial charge in [0.15, 0.2) is 5.78 Å². The lowest BCUT2D eigenvalue weighted by atomic mass is 10.1. The molecule has 0 unspecified atom stereocenters. The molecule has 0 aliphatic heterocycles. The maximum atomic E-state index is 12.0. The molecule has 0 saturated carbocycles. The van der Waals surface area contributed by atoms with Crippen molar-refractivity contribution in [3.8, 4) is 11.5 Å². The summed E-state index contributed by atoms with van der Waals surface area (Å²) in [7, 11) is 3.20. The van der Waals surface area contributed by atoms with Crippen LogP contribution in [0.25, 0.3) is 6.08 Å². The number of ketones is 1. The lowest BCUT2D eigenvalue weighted by Crippen LogP contribution is -1.94. The molecule has 102 valence electrons. The van der Waals surface area contributed by atoms with Crippen molar-refractivity contribution in [1.29, 1.82) is 0 Å². The van der Waals surface area contributed by atoms with Gasteiger partial charge >= 0.3 is 0 Å². The van der Waals surface area contributed by atoms with E-state index in [9.17, 15) is 4.79 Å². The maximum absolute atomic E-state index is 12.0. The molecule has 0 atom stereocenters. The first-order chi connectivity index (χ1) is 9.72. The molecule has 0 fully saturated rings. The molecule has 0 aromatic heterocycles. The number of carbonyl (C=O) groups is 1. The number of hydrogen-bond acceptors (Lipinski definition) is 3. The van der Waals surface area contributed by atoms with Gasteiger partial charge in [0.2, 0.25) is 0 Å². The molecule has 0 aliphatic carbocycles. The van der Waals surface area contributed by atoms with Crippen LogP contribution in [0.2, 0.25) is 0 Å². The summed E-state index contributed by atoms with van der Waals surface area (Å²) in [5.74, 6) is 1.41. The molecule has 2 rings (SSSR count). The van der Waals surface area contributed by atoms with E-state index in [0.29, 0.717) is 11.3 Å². The first-order valence-corrected chi connectivity index (χ1v) is 6.23. The Hall–Kier alpha value is -2.55. The summed E-state index contributed by atoms with van der Waals surface area (Å²) in [6.07, 6.45) is 3.33. The molecule has 3 heteroatoms. The fourth-order valence-corrected chi connectivity index (χ4v) is 1.76. The Balaban J connectivity index is 2.11. The lowest BCUT2D eigenvalue weighted by Gasteiger charge is -2.01. The monoisotopic (exact) mass is 268 g/mol. The third kappa shape index (κ3) is 3.48. The standard InChI is InChI=1S/C17H16O3/c1-19-15-9-6-13(7-10-15)8-11-17(18)14-4-3-5-16(12-14)20-2/h3-12H,1-2H3/b11-8+. The molecule has 0 amide bonds. The Labute approximate surface area is 118 Å². The summed E-state index contributed by atoms with van der Waals surface area (Å²) in [5, 5.41) is 0. The average Bonchev–Trinajstić information content (AvgIpc) is 2.53. The van der Waals surface area contributed by atoms with Gasteiger partial charge in [0.1, 0.15) is 11.5 Å². The Morgan fingerprint density at radius 3 is 2.30 bits per heavy atom. The predicted octanol–water partition coefficient (Wildman–Crippen LogP) is 3.60. The van der Waals surface area contributed by atoms with Gasteiger partial charge in [0.25, 0.3) is 0 Å². The van der Waals surface area contributed by atoms with Crippen molar-refractivity contribution < 1.29 is 14.3 Å². The van der Waals surface area contributed by atoms with Crippen LogP contribution >= 0.6 is 0 Å². The Bertz CT molecular complexity index is 612. The van der Waals surface area contributed by atoms with Crippen LogP contribution in [0.1, 0.15) is 15.9 Å². The second-order valence-electron chi connectivity index (χ2n) is 4.20. The zero-order valence-electron chi connectivity index (χ0n) is 11.5. The number of benzene rings is 2. The van der Waals surface area contributed by atoms with Crippen LogP contribution in [0.3, 0.4) is 0 Å². The van der Waals surface area contributed by atoms with Gasteiger partial charge in [0.05, 0.1) is 14.2 Å². The van der Waals surface area contributed by atoms with E-state index in [1.807, 2.05) is 30.3 Å². The minimum absolute atomic E-state index is 0.0558. The first kappa shape index (κ1) is 13.9. The summed E-state index contributed by atoms with van der Waals surface area (Å²) >= 11 is 0. The van der Waals surface area contributed by atoms with Crippen molar-refractivity contribution >= 4 is 11.9 Å². The first-order valence-electron chi connectivity index (χ1n) is 6.23. The van der Waals surface area contributed by atoms with Crippen molar-refractivity contribution in [2.45, 2.75) is 0 Å². The van der Waals surface area contributed by atoms with Crippen LogP contribution in [0.5, 0.6) is 11.5 Å². The van der Waals surface area contributed by atoms with Gasteiger partial charge in [-0.2, -0.15) is 0 Å². The van der Waals surface area contributed by atoms with Crippen molar-refractivity contribution in [2.75, 3.05) is 14.2 Å². The third-order valence-electron chi connectivity index (χ3n) is 2.90. The smallest absolute Gasteiger partial charge is 0.185 e. The number of allylic oxidation sites excluding steroid dienone is 1. The lowest BCUT2D eigenvalue weighted by molar-refractivity contribution is 0.104. The highest BCUT2D eigenvalue weighted by atomic mass is 16.5. The molecular weight excluding hydrogens is 252 g/mol. The highest BCUT2D eigenvalue weighted by Crippen LogP contribution is 2.15. The highest BCUT2D eigenvalue weighted by molar-refractivity contribution is 6.07. The van der Waals surface area contributed by atoms with Crippen LogP contribution in [-0.4, -0.2) is 20.0 Å². The predicted molar refractivity (Wildman–Crippen MR) is 79.4 cm³/mol. The minimum Gasteiger partial charge on any atom is -0.497 e. The fourth-order valence-electron chi connectivity index (χ4n) is 1.76. The van der Waals surface area contributed by atoms with Gasteiger partial charge in [-0.15, -0.1) is 0 Å². The summed E-state index contributed by atoms with van der Waals surface area (Å²) in [5.41, 5.74) is 1.55. The van der Waals surface area contributed by atoms with E-state index in [2.05, 4.69) is 0 Å². The topological polar surface area (TPSA) is 35.5 Å². The number of rotatable bonds is 5. The molecule has 0 radical (unpaired) electrons. The number of methoxy groups -OCH3 is 2. The van der Waals surface area contributed by atoms with E-state index in [4.69, 9.17) is 9.47 Å². The van der Waals surface area contributed by atoms with E-state index in [1.165, 1.54) is 0 Å². The molecule has 2 aromatic rings. The van der Waals surface area contributed by atoms with Crippen molar-refractivity contribution in [1.82, 2.24) is 0 Å². The largest absolute Gasteiger partial charge is 0.497 e. The van der Waals surface area contributed by atoms with E-state index in [0.717, 1.165) is 11.3 Å². The molecule has 0 saturated heterocycles. The van der Waals surface area contributed by atoms with Crippen LogP contribution < -0.4 is 9.47 Å². The molecule has 2 aromatic carbocycles. The van der Waals surface area contributed by atoms with E-state index in [-0.39, 0.29) is 5.78 Å². The van der Waals surface area contributed by atoms with Gasteiger partial charge in [-0.05, 0) is 35.9 Å². The Morgan fingerprint density at radius 2 is 1.65 bits per heavy atom. The molecule has 0 aliphatic rings. The zero-order valence-corrected chi connectivity index (χ0v) is 11.5. The Kier molecular flexibility index (Phi) is 4.56. The molecule has 0 N–H and O–H groups in total. The van der Waals surface area contributed by atoms with E-state index < -0.39 is 0 Å². The zero-order chi connectivity index (χ0) is 14.4. The molecule has 0 bridgehead atoms. The van der Waals surface area contributed by atoms with Crippen LogP contribution in [0.4, 0.5) is 0 Å². The summed E-state index contributed by atoms with van der Waals surface area (Å²) in [6, 6.07) is 14.6. The summed E-state index contributed by atoms with van der Waals surface area (Å²) in [6.45, 7) is 0. The van der Waals surface area contributed by atoms with Gasteiger partial charge in [-0.1, -0.05) is 30.3 Å². The second kappa shape index (κ2) is 6.57. The molecule has 0 spiro atoms. The maximum Gasteiger partial charge on any atom is 0.185 e. The fraction of sp³-hybridized carbons (Fsp3) is 0.118. The molecule has 0 heterocycles. The van der Waals surface area contributed by atoms with Gasteiger partial charge in [-0.3, -0.25) is 4.79 Å². The molecular formula is C17H16O3. The van der Waals surface area contributed by atoms with E-state index in [1.54, 1.807) is 44.6 Å². The number of ether oxygens (including phenoxy) is 2. The van der Waals surface area contributed by atoms with Gasteiger partial charge in [-0.25, -0.2) is 0 Å². The normalized spacial score (nSPS) is 10.5. The van der Waals surface area contributed by atoms with Crippen LogP contribution in [0, 0.1) is 0 Å². The highest BCUT2D eigenvalue weighted by Gasteiger charge is 2.02. The minimum atomic E-state index is -0.0558. The summed E-state index contributed by atoms with van der Waals surface area (Å²) < 4.78 is 10.2. The quantitative estimate of drug-likeness (QED) is 0.614. The van der Waals surface area contributed by atoms with Crippen molar-refractivity contribution in [3.05, 3.63) is 65.7 Å². The van der Waals surface area contributed by atoms with Crippen molar-refractivity contribution in [3.63, 3.8) is 0 Å². The van der Waals surface area contributed by atoms with Crippen molar-refractivity contribution in [2.24, 2.45) is 0 Å². The van der Waals surface area contributed by atoms with Gasteiger partial charge < -0.3 is 9.47 Å². The average molecular weight is 268 g/mol. The summed E-state index contributed by atoms with van der Waals surface area (Å²) in [4.78, 5) is 12.0.